The van der Waals surface area contributed by atoms with Crippen LogP contribution in [-0.4, -0.2) is 82.8 Å². The molecule has 0 aromatic rings. The van der Waals surface area contributed by atoms with E-state index in [1.54, 1.807) is 22.0 Å². The molecule has 3 fully saturated rings. The Balaban J connectivity index is 2.02. The second-order valence-corrected chi connectivity index (χ2v) is 10.4. The average Bonchev–Trinajstić information content (AvgIpc) is 3.47. The van der Waals surface area contributed by atoms with E-state index in [1.807, 2.05) is 13.8 Å². The Labute approximate surface area is 209 Å². The van der Waals surface area contributed by atoms with Gasteiger partial charge in [-0.05, 0) is 38.0 Å². The molecule has 3 saturated heterocycles. The summed E-state index contributed by atoms with van der Waals surface area (Å²) >= 11 is 0. The second kappa shape index (κ2) is 11.7. The first-order valence-corrected chi connectivity index (χ1v) is 13.0. The number of amides is 2. The van der Waals surface area contributed by atoms with Crippen molar-refractivity contribution in [2.24, 2.45) is 17.8 Å². The van der Waals surface area contributed by atoms with Crippen molar-refractivity contribution >= 4 is 17.8 Å². The van der Waals surface area contributed by atoms with Gasteiger partial charge >= 0.3 is 5.97 Å². The number of hydrogen-bond acceptors (Lipinski definition) is 6. The fourth-order valence-electron chi connectivity index (χ4n) is 6.16. The van der Waals surface area contributed by atoms with Crippen LogP contribution in [0.2, 0.25) is 0 Å². The Morgan fingerprint density at radius 2 is 2.09 bits per heavy atom. The molecule has 3 aliphatic heterocycles. The van der Waals surface area contributed by atoms with E-state index in [0.717, 1.165) is 12.8 Å². The minimum atomic E-state index is -1.09. The lowest BCUT2D eigenvalue weighted by Gasteiger charge is -2.39. The Morgan fingerprint density at radius 1 is 1.34 bits per heavy atom. The van der Waals surface area contributed by atoms with Crippen LogP contribution in [0.4, 0.5) is 0 Å². The number of esters is 1. The fourth-order valence-corrected chi connectivity index (χ4v) is 6.16. The SMILES string of the molecule is C=CCCOC(=O)[C@@H]1[C@@H]2CCC3(O2)C(C(=O)N(CC=C)CCCC)N([C@@H](CO)CC(C)C)C(=O)[C@H]13. The zero-order valence-electron chi connectivity index (χ0n) is 21.5. The molecule has 0 saturated carbocycles. The normalized spacial score (nSPS) is 29.9. The van der Waals surface area contributed by atoms with Gasteiger partial charge in [0.05, 0.1) is 37.2 Å². The molecule has 6 atom stereocenters. The van der Waals surface area contributed by atoms with E-state index >= 15 is 0 Å². The Kier molecular flexibility index (Phi) is 9.16. The summed E-state index contributed by atoms with van der Waals surface area (Å²) in [6.45, 7) is 14.4. The third kappa shape index (κ3) is 5.05. The molecular weight excluding hydrogens is 448 g/mol. The van der Waals surface area contributed by atoms with E-state index in [1.165, 1.54) is 0 Å². The molecule has 1 N–H and O–H groups in total. The molecule has 196 valence electrons. The topological polar surface area (TPSA) is 96.4 Å². The fraction of sp³-hybridized carbons (Fsp3) is 0.741. The van der Waals surface area contributed by atoms with Crippen LogP contribution in [-0.2, 0) is 23.9 Å². The number of unbranched alkanes of at least 4 members (excludes halogenated alkanes) is 1. The van der Waals surface area contributed by atoms with Gasteiger partial charge in [-0.3, -0.25) is 14.4 Å². The molecule has 8 heteroatoms. The molecule has 2 amide bonds. The summed E-state index contributed by atoms with van der Waals surface area (Å²) in [5, 5.41) is 10.3. The standard InChI is InChI=1S/C27H42N2O6/c1-6-9-14-28(13-8-3)25(32)23-27-12-11-20(35-27)21(26(33)34-15-10-7-2)22(27)24(31)29(23)19(17-30)16-18(4)5/h7-8,18-23,30H,2-3,6,9-17H2,1,4-5H3/t19-,20+,21-,22+,23?,27?/m1/s1. The number of nitrogens with zero attached hydrogens (tertiary/aromatic N) is 2. The van der Waals surface area contributed by atoms with Crippen LogP contribution in [0.1, 0.15) is 59.3 Å². The lowest BCUT2D eigenvalue weighted by molar-refractivity contribution is -0.156. The minimum Gasteiger partial charge on any atom is -0.465 e. The Bertz CT molecular complexity index is 813. The van der Waals surface area contributed by atoms with Crippen LogP contribution in [0.5, 0.6) is 0 Å². The van der Waals surface area contributed by atoms with Crippen molar-refractivity contribution in [2.75, 3.05) is 26.3 Å². The van der Waals surface area contributed by atoms with Crippen LogP contribution in [0.15, 0.2) is 25.3 Å². The molecule has 0 radical (unpaired) electrons. The van der Waals surface area contributed by atoms with Gasteiger partial charge in [-0.2, -0.15) is 0 Å². The highest BCUT2D eigenvalue weighted by Crippen LogP contribution is 2.59. The number of rotatable bonds is 14. The molecule has 35 heavy (non-hydrogen) atoms. The highest BCUT2D eigenvalue weighted by Gasteiger charge is 2.75. The molecule has 8 nitrogen and oxygen atoms in total. The van der Waals surface area contributed by atoms with Gasteiger partial charge in [0.25, 0.3) is 0 Å². The molecule has 3 heterocycles. The minimum absolute atomic E-state index is 0.197. The lowest BCUT2D eigenvalue weighted by Crippen LogP contribution is -2.59. The maximum Gasteiger partial charge on any atom is 0.312 e. The maximum absolute atomic E-state index is 14.1. The van der Waals surface area contributed by atoms with Gasteiger partial charge in [0, 0.05) is 13.1 Å². The van der Waals surface area contributed by atoms with Crippen molar-refractivity contribution in [3.05, 3.63) is 25.3 Å². The molecule has 3 aliphatic rings. The highest BCUT2D eigenvalue weighted by atomic mass is 16.6. The zero-order chi connectivity index (χ0) is 25.8. The van der Waals surface area contributed by atoms with Gasteiger partial charge in [-0.25, -0.2) is 0 Å². The number of ether oxygens (including phenoxy) is 2. The van der Waals surface area contributed by atoms with Gasteiger partial charge in [-0.1, -0.05) is 39.3 Å². The predicted octanol–water partition coefficient (Wildman–Crippen LogP) is 2.70. The van der Waals surface area contributed by atoms with Crippen LogP contribution in [0.3, 0.4) is 0 Å². The number of aliphatic hydroxyl groups is 1. The van der Waals surface area contributed by atoms with E-state index in [-0.39, 0.29) is 30.9 Å². The van der Waals surface area contributed by atoms with Crippen LogP contribution in [0, 0.1) is 17.8 Å². The van der Waals surface area contributed by atoms with Crippen LogP contribution in [0.25, 0.3) is 0 Å². The zero-order valence-corrected chi connectivity index (χ0v) is 21.5. The molecule has 1 spiro atoms. The molecule has 2 unspecified atom stereocenters. The van der Waals surface area contributed by atoms with E-state index in [0.29, 0.717) is 38.8 Å². The van der Waals surface area contributed by atoms with Crippen molar-refractivity contribution in [2.45, 2.75) is 83.1 Å². The van der Waals surface area contributed by atoms with Gasteiger partial charge in [-0.15, -0.1) is 13.2 Å². The molecule has 0 aromatic heterocycles. The lowest BCUT2D eigenvalue weighted by atomic mass is 9.70. The Morgan fingerprint density at radius 3 is 2.69 bits per heavy atom. The van der Waals surface area contributed by atoms with E-state index in [4.69, 9.17) is 9.47 Å². The average molecular weight is 491 g/mol. The largest absolute Gasteiger partial charge is 0.465 e. The quantitative estimate of drug-likeness (QED) is 0.229. The monoisotopic (exact) mass is 490 g/mol. The number of likely N-dealkylation sites (tertiary alicyclic amines) is 1. The van der Waals surface area contributed by atoms with Gasteiger partial charge < -0.3 is 24.4 Å². The highest BCUT2D eigenvalue weighted by molar-refractivity contribution is 5.98. The van der Waals surface area contributed by atoms with Gasteiger partial charge in [0.1, 0.15) is 11.6 Å². The maximum atomic E-state index is 14.1. The van der Waals surface area contributed by atoms with E-state index < -0.39 is 41.6 Å². The number of fused-ring (bicyclic) bond motifs is 1. The molecule has 3 rings (SSSR count). The Hall–Kier alpha value is -2.19. The van der Waals surface area contributed by atoms with Crippen molar-refractivity contribution in [3.63, 3.8) is 0 Å². The summed E-state index contributed by atoms with van der Waals surface area (Å²) in [5.74, 6) is -2.27. The van der Waals surface area contributed by atoms with Crippen molar-refractivity contribution < 1.29 is 29.0 Å². The first-order valence-electron chi connectivity index (χ1n) is 13.0. The summed E-state index contributed by atoms with van der Waals surface area (Å²) in [5.41, 5.74) is -1.09. The first-order chi connectivity index (χ1) is 16.8. The third-order valence-corrected chi connectivity index (χ3v) is 7.60. The van der Waals surface area contributed by atoms with Crippen LogP contribution < -0.4 is 0 Å². The molecule has 2 bridgehead atoms. The molecule has 0 aromatic carbocycles. The summed E-state index contributed by atoms with van der Waals surface area (Å²) in [4.78, 5) is 44.5. The summed E-state index contributed by atoms with van der Waals surface area (Å²) in [7, 11) is 0. The van der Waals surface area contributed by atoms with E-state index in [2.05, 4.69) is 20.1 Å². The van der Waals surface area contributed by atoms with Gasteiger partial charge in [0.15, 0.2) is 0 Å². The van der Waals surface area contributed by atoms with Gasteiger partial charge in [0.2, 0.25) is 11.8 Å². The third-order valence-electron chi connectivity index (χ3n) is 7.60. The predicted molar refractivity (Wildman–Crippen MR) is 132 cm³/mol. The molecular formula is C27H42N2O6. The second-order valence-electron chi connectivity index (χ2n) is 10.4. The summed E-state index contributed by atoms with van der Waals surface area (Å²) < 4.78 is 11.9. The number of carbonyl (C=O) groups is 3. The van der Waals surface area contributed by atoms with E-state index in [9.17, 15) is 19.5 Å². The molecule has 0 aliphatic carbocycles. The summed E-state index contributed by atoms with van der Waals surface area (Å²) in [6, 6.07) is -1.42. The number of aliphatic hydroxyl groups excluding tert-OH is 1. The van der Waals surface area contributed by atoms with Crippen molar-refractivity contribution in [3.8, 4) is 0 Å². The number of hydrogen-bond donors (Lipinski definition) is 1. The number of carbonyl (C=O) groups excluding carboxylic acids is 3. The van der Waals surface area contributed by atoms with Crippen LogP contribution >= 0.6 is 0 Å². The van der Waals surface area contributed by atoms with Crippen molar-refractivity contribution in [1.29, 1.82) is 0 Å². The van der Waals surface area contributed by atoms with Crippen molar-refractivity contribution in [1.82, 2.24) is 9.80 Å². The smallest absolute Gasteiger partial charge is 0.312 e. The first kappa shape index (κ1) is 27.4. The summed E-state index contributed by atoms with van der Waals surface area (Å²) in [6.07, 6.45) is 6.84.